The summed E-state index contributed by atoms with van der Waals surface area (Å²) in [5.41, 5.74) is 19.0. The highest BCUT2D eigenvalue weighted by molar-refractivity contribution is 6.22. The lowest BCUT2D eigenvalue weighted by atomic mass is 9.49. The topological polar surface area (TPSA) is 86.8 Å². The molecule has 0 heterocycles. The standard InChI is InChI=1S/C110H86N4O8/c1-115-81-51-35-73(36-52-81)111(74-37-53-82(116-2)54-38-74)101-67-97-105(93-31-19-15-27-89(93)101)106-94-32-20-16-28-90(94)102(112(75-39-55-83(117-3)56-40-75)76-41-57-84(118-4)58-42-76)68-98(106)109(97,71-23-11-9-12-24-71)110(72-25-13-10-14-26-72)99-69-103(113(77-43-59-85(119-5)60-44-77)78-45-61-86(120-6)62-46-78)91-29-17-21-33-95(91)107(99)108-96-34-22-18-30-92(96)104(70-100(108)110)114(79-47-63-87(121-7)64-48-79)80-49-65-88(122-8)66-50-80/h9-70H,1-8H3. The molecule has 0 aromatic heterocycles. The van der Waals surface area contributed by atoms with Crippen molar-refractivity contribution in [1.29, 1.82) is 0 Å². The zero-order valence-corrected chi connectivity index (χ0v) is 68.9. The fraction of sp³-hybridized carbons (Fsp3) is 0.0909. The minimum atomic E-state index is -1.41. The molecule has 0 saturated heterocycles. The Balaban J connectivity index is 1.06. The first-order chi connectivity index (χ1) is 60.1. The average molecular weight is 1590 g/mol. The number of methoxy groups -OCH3 is 8. The summed E-state index contributed by atoms with van der Waals surface area (Å²) in [5.74, 6) is 5.88. The third-order valence-electron chi connectivity index (χ3n) is 24.8. The summed E-state index contributed by atoms with van der Waals surface area (Å²) in [5, 5.41) is 8.36. The number of hydrogen-bond donors (Lipinski definition) is 0. The van der Waals surface area contributed by atoms with Crippen molar-refractivity contribution in [2.75, 3.05) is 76.5 Å². The number of ether oxygens (including phenoxy) is 8. The van der Waals surface area contributed by atoms with Crippen LogP contribution in [-0.2, 0) is 10.8 Å². The Labute approximate surface area is 709 Å². The molecule has 0 fully saturated rings. The van der Waals surface area contributed by atoms with Crippen LogP contribution in [0.2, 0.25) is 0 Å². The molecule has 122 heavy (non-hydrogen) atoms. The smallest absolute Gasteiger partial charge is 0.119 e. The van der Waals surface area contributed by atoms with E-state index in [1.165, 1.54) is 0 Å². The summed E-state index contributed by atoms with van der Waals surface area (Å²) >= 11 is 0. The number of benzene rings is 18. The summed E-state index contributed by atoms with van der Waals surface area (Å²) in [6.07, 6.45) is 0. The van der Waals surface area contributed by atoms with Crippen LogP contribution in [0.4, 0.5) is 68.2 Å². The molecule has 18 aromatic carbocycles. The predicted molar refractivity (Wildman–Crippen MR) is 498 cm³/mol. The maximum absolute atomic E-state index is 6.00. The second-order valence-electron chi connectivity index (χ2n) is 30.6. The average Bonchev–Trinajstić information content (AvgIpc) is 1.46. The molecule has 0 bridgehead atoms. The molecular formula is C110H86N4O8. The van der Waals surface area contributed by atoms with Crippen molar-refractivity contribution >= 4 is 111 Å². The summed E-state index contributed by atoms with van der Waals surface area (Å²) in [4.78, 5) is 9.69. The highest BCUT2D eigenvalue weighted by atomic mass is 16.5. The second kappa shape index (κ2) is 31.1. The van der Waals surface area contributed by atoms with Crippen LogP contribution in [0, 0.1) is 0 Å². The van der Waals surface area contributed by atoms with E-state index in [1.54, 1.807) is 56.9 Å². The first-order valence-electron chi connectivity index (χ1n) is 40.8. The van der Waals surface area contributed by atoms with Crippen molar-refractivity contribution in [3.63, 3.8) is 0 Å². The van der Waals surface area contributed by atoms with Gasteiger partial charge in [-0.1, -0.05) is 158 Å². The van der Waals surface area contributed by atoms with E-state index < -0.39 is 10.8 Å². The van der Waals surface area contributed by atoms with Gasteiger partial charge in [0.25, 0.3) is 0 Å². The van der Waals surface area contributed by atoms with Crippen molar-refractivity contribution in [2.45, 2.75) is 10.8 Å². The molecule has 0 spiro atoms. The molecule has 594 valence electrons. The molecule has 0 amide bonds. The largest absolute Gasteiger partial charge is 0.497 e. The number of hydrogen-bond acceptors (Lipinski definition) is 12. The van der Waals surface area contributed by atoms with E-state index in [2.05, 4.69) is 396 Å². The second-order valence-corrected chi connectivity index (χ2v) is 30.6. The van der Waals surface area contributed by atoms with Gasteiger partial charge < -0.3 is 57.5 Å². The summed E-state index contributed by atoms with van der Waals surface area (Å²) < 4.78 is 48.0. The normalized spacial score (nSPS) is 12.6. The van der Waals surface area contributed by atoms with Gasteiger partial charge in [-0.05, 0) is 296 Å². The summed E-state index contributed by atoms with van der Waals surface area (Å²) in [7, 11) is 13.8. The van der Waals surface area contributed by atoms with Crippen molar-refractivity contribution in [2.24, 2.45) is 0 Å². The van der Waals surface area contributed by atoms with Crippen molar-refractivity contribution < 1.29 is 37.9 Å². The van der Waals surface area contributed by atoms with E-state index in [4.69, 9.17) is 37.9 Å². The number of nitrogens with zero attached hydrogens (tertiary/aromatic N) is 4. The zero-order chi connectivity index (χ0) is 82.7. The molecule has 20 rings (SSSR count). The first kappa shape index (κ1) is 75.4. The Morgan fingerprint density at radius 1 is 0.164 bits per heavy atom. The Kier molecular flexibility index (Phi) is 19.2. The molecule has 2 aliphatic carbocycles. The summed E-state index contributed by atoms with van der Waals surface area (Å²) in [6, 6.07) is 137. The zero-order valence-electron chi connectivity index (χ0n) is 68.9. The van der Waals surface area contributed by atoms with Gasteiger partial charge in [-0.25, -0.2) is 0 Å². The van der Waals surface area contributed by atoms with Crippen LogP contribution in [0.3, 0.4) is 0 Å². The van der Waals surface area contributed by atoms with Crippen LogP contribution in [0.5, 0.6) is 46.0 Å². The van der Waals surface area contributed by atoms with Gasteiger partial charge in [-0.2, -0.15) is 0 Å². The third kappa shape index (κ3) is 12.0. The minimum absolute atomic E-state index is 0.735. The van der Waals surface area contributed by atoms with Crippen molar-refractivity contribution in [1.82, 2.24) is 0 Å². The van der Waals surface area contributed by atoms with Crippen LogP contribution < -0.4 is 57.5 Å². The molecule has 2 aliphatic rings. The quantitative estimate of drug-likeness (QED) is 0.0611. The number of fused-ring (bicyclic) bond motifs is 14. The predicted octanol–water partition coefficient (Wildman–Crippen LogP) is 27.6. The lowest BCUT2D eigenvalue weighted by Crippen LogP contribution is -2.50. The lowest BCUT2D eigenvalue weighted by Gasteiger charge is -2.51. The van der Waals surface area contributed by atoms with Gasteiger partial charge in [-0.3, -0.25) is 0 Å². The fourth-order valence-electron chi connectivity index (χ4n) is 19.5. The molecule has 0 saturated carbocycles. The molecule has 0 unspecified atom stereocenters. The Hall–Kier alpha value is -15.4. The maximum Gasteiger partial charge on any atom is 0.119 e. The fourth-order valence-corrected chi connectivity index (χ4v) is 19.5. The number of rotatable bonds is 23. The minimum Gasteiger partial charge on any atom is -0.497 e. The Bertz CT molecular complexity index is 5970. The molecule has 0 N–H and O–H groups in total. The van der Waals surface area contributed by atoms with E-state index in [0.29, 0.717) is 0 Å². The van der Waals surface area contributed by atoms with Gasteiger partial charge in [0.05, 0.1) is 90.5 Å². The van der Waals surface area contributed by atoms with Gasteiger partial charge >= 0.3 is 0 Å². The summed E-state index contributed by atoms with van der Waals surface area (Å²) in [6.45, 7) is 0. The van der Waals surface area contributed by atoms with E-state index in [0.717, 1.165) is 213 Å². The van der Waals surface area contributed by atoms with Crippen molar-refractivity contribution in [3.8, 4) is 68.2 Å². The molecular weight excluding hydrogens is 1510 g/mol. The van der Waals surface area contributed by atoms with Gasteiger partial charge in [0.15, 0.2) is 0 Å². The van der Waals surface area contributed by atoms with Crippen LogP contribution in [-0.4, -0.2) is 56.9 Å². The highest BCUT2D eigenvalue weighted by Gasteiger charge is 2.66. The number of anilines is 12. The van der Waals surface area contributed by atoms with Gasteiger partial charge in [0.1, 0.15) is 46.0 Å². The Morgan fingerprint density at radius 2 is 0.311 bits per heavy atom. The van der Waals surface area contributed by atoms with Crippen molar-refractivity contribution in [3.05, 3.63) is 409 Å². The van der Waals surface area contributed by atoms with Gasteiger partial charge in [0.2, 0.25) is 0 Å². The van der Waals surface area contributed by atoms with Crippen LogP contribution in [0.25, 0.3) is 65.3 Å². The maximum atomic E-state index is 6.00. The monoisotopic (exact) mass is 1590 g/mol. The Morgan fingerprint density at radius 3 is 0.467 bits per heavy atom. The van der Waals surface area contributed by atoms with Crippen LogP contribution in [0.1, 0.15) is 33.4 Å². The van der Waals surface area contributed by atoms with E-state index in [1.807, 2.05) is 0 Å². The first-order valence-corrected chi connectivity index (χ1v) is 40.8. The van der Waals surface area contributed by atoms with Crippen LogP contribution in [0.15, 0.2) is 376 Å². The highest BCUT2D eigenvalue weighted by Crippen LogP contribution is 2.74. The van der Waals surface area contributed by atoms with E-state index >= 15 is 0 Å². The lowest BCUT2D eigenvalue weighted by molar-refractivity contribution is 0.414. The molecule has 0 aliphatic heterocycles. The SMILES string of the molecule is COc1ccc(N(c2ccc(OC)cc2)c2cc3c(c4ccccc24)-c2c(cc(N(c4ccc(OC)cc4)c4ccc(OC)cc4)c4ccccc24)C3(c2ccccc2)C2(c3ccccc3)c3cc(N(c4ccc(OC)cc4)c4ccc(OC)cc4)c4ccccc4c3-c3c2cc(N(c2ccc(OC)cc2)c2ccc(OC)cc2)c2ccccc32)cc1. The molecule has 12 heteroatoms. The van der Waals surface area contributed by atoms with E-state index in [-0.39, 0.29) is 0 Å². The molecule has 0 atom stereocenters. The van der Waals surface area contributed by atoms with Gasteiger partial charge in [0, 0.05) is 67.0 Å². The molecule has 18 aromatic rings. The van der Waals surface area contributed by atoms with E-state index in [9.17, 15) is 0 Å². The molecule has 12 nitrogen and oxygen atoms in total. The third-order valence-corrected chi connectivity index (χ3v) is 24.8. The van der Waals surface area contributed by atoms with Gasteiger partial charge in [-0.15, -0.1) is 0 Å². The van der Waals surface area contributed by atoms with Crippen LogP contribution >= 0.6 is 0 Å². The molecule has 0 radical (unpaired) electrons.